The monoisotopic (exact) mass is 277 g/mol. The van der Waals surface area contributed by atoms with Gasteiger partial charge in [0.25, 0.3) is 0 Å². The highest BCUT2D eigenvalue weighted by atomic mass is 16.4. The van der Waals surface area contributed by atoms with Gasteiger partial charge < -0.3 is 10.4 Å². The highest BCUT2D eigenvalue weighted by molar-refractivity contribution is 5.84. The van der Waals surface area contributed by atoms with E-state index in [1.807, 2.05) is 38.1 Å². The molecular formula is C16H23NO3. The molecule has 4 nitrogen and oxygen atoms in total. The lowest BCUT2D eigenvalue weighted by atomic mass is 9.94. The number of nitrogens with one attached hydrogen (secondary N) is 1. The molecule has 3 atom stereocenters. The fourth-order valence-electron chi connectivity index (χ4n) is 2.04. The molecule has 1 amide bonds. The molecule has 0 radical (unpaired) electrons. The number of carbonyl (C=O) groups is 2. The van der Waals surface area contributed by atoms with Crippen molar-refractivity contribution in [1.82, 2.24) is 5.32 Å². The van der Waals surface area contributed by atoms with Crippen LogP contribution in [0.15, 0.2) is 24.3 Å². The van der Waals surface area contributed by atoms with Crippen molar-refractivity contribution in [1.29, 1.82) is 0 Å². The molecule has 1 rings (SSSR count). The third kappa shape index (κ3) is 4.37. The third-order valence-electron chi connectivity index (χ3n) is 3.73. The summed E-state index contributed by atoms with van der Waals surface area (Å²) >= 11 is 0. The van der Waals surface area contributed by atoms with Gasteiger partial charge in [-0.1, -0.05) is 38.1 Å². The fourth-order valence-corrected chi connectivity index (χ4v) is 2.04. The molecule has 0 aliphatic heterocycles. The van der Waals surface area contributed by atoms with Crippen LogP contribution in [0.2, 0.25) is 0 Å². The Bertz CT molecular complexity index is 484. The van der Waals surface area contributed by atoms with Gasteiger partial charge in [-0.15, -0.1) is 0 Å². The van der Waals surface area contributed by atoms with E-state index in [0.29, 0.717) is 0 Å². The van der Waals surface area contributed by atoms with E-state index in [1.165, 1.54) is 11.1 Å². The molecule has 0 saturated heterocycles. The first-order chi connectivity index (χ1) is 9.32. The highest BCUT2D eigenvalue weighted by Crippen LogP contribution is 2.13. The number of rotatable bonds is 6. The summed E-state index contributed by atoms with van der Waals surface area (Å²) in [4.78, 5) is 22.9. The van der Waals surface area contributed by atoms with Crippen molar-refractivity contribution in [3.05, 3.63) is 35.4 Å². The van der Waals surface area contributed by atoms with Gasteiger partial charge in [0, 0.05) is 12.0 Å². The van der Waals surface area contributed by atoms with Crippen LogP contribution < -0.4 is 5.32 Å². The van der Waals surface area contributed by atoms with E-state index in [2.05, 4.69) is 5.32 Å². The predicted octanol–water partition coefficient (Wildman–Crippen LogP) is 2.40. The second-order valence-electron chi connectivity index (χ2n) is 5.46. The topological polar surface area (TPSA) is 66.4 Å². The van der Waals surface area contributed by atoms with Gasteiger partial charge in [-0.3, -0.25) is 9.59 Å². The lowest BCUT2D eigenvalue weighted by Gasteiger charge is -2.20. The predicted molar refractivity (Wildman–Crippen MR) is 78.5 cm³/mol. The summed E-state index contributed by atoms with van der Waals surface area (Å²) in [6.45, 7) is 7.18. The van der Waals surface area contributed by atoms with Gasteiger partial charge in [0.15, 0.2) is 0 Å². The van der Waals surface area contributed by atoms with Crippen LogP contribution in [0.25, 0.3) is 0 Å². The highest BCUT2D eigenvalue weighted by Gasteiger charge is 2.26. The van der Waals surface area contributed by atoms with E-state index in [1.54, 1.807) is 13.8 Å². The zero-order valence-electron chi connectivity index (χ0n) is 12.5. The molecule has 0 fully saturated rings. The average Bonchev–Trinajstić information content (AvgIpc) is 2.39. The van der Waals surface area contributed by atoms with E-state index in [9.17, 15) is 9.59 Å². The number of benzene rings is 1. The molecule has 0 aliphatic rings. The Morgan fingerprint density at radius 1 is 1.15 bits per heavy atom. The molecular weight excluding hydrogens is 254 g/mol. The fraction of sp³-hybridized carbons (Fsp3) is 0.500. The van der Waals surface area contributed by atoms with E-state index >= 15 is 0 Å². The summed E-state index contributed by atoms with van der Waals surface area (Å²) in [6.07, 6.45) is 0.743. The molecule has 4 heteroatoms. The number of carbonyl (C=O) groups excluding carboxylic acids is 1. The second kappa shape index (κ2) is 7.08. The van der Waals surface area contributed by atoms with Crippen LogP contribution in [0.4, 0.5) is 0 Å². The van der Waals surface area contributed by atoms with Gasteiger partial charge in [-0.25, -0.2) is 0 Å². The molecule has 1 aromatic carbocycles. The van der Waals surface area contributed by atoms with Gasteiger partial charge in [0.2, 0.25) is 5.91 Å². The Morgan fingerprint density at radius 2 is 1.75 bits per heavy atom. The number of aliphatic carboxylic acids is 1. The van der Waals surface area contributed by atoms with Crippen molar-refractivity contribution >= 4 is 11.9 Å². The average molecular weight is 277 g/mol. The van der Waals surface area contributed by atoms with Crippen LogP contribution in [0.3, 0.4) is 0 Å². The Morgan fingerprint density at radius 3 is 2.30 bits per heavy atom. The van der Waals surface area contributed by atoms with E-state index < -0.39 is 17.8 Å². The molecule has 1 aromatic rings. The number of hydrogen-bond acceptors (Lipinski definition) is 2. The molecule has 20 heavy (non-hydrogen) atoms. The van der Waals surface area contributed by atoms with Gasteiger partial charge in [-0.2, -0.15) is 0 Å². The first-order valence-electron chi connectivity index (χ1n) is 6.90. The number of amides is 1. The SMILES string of the molecule is Cc1ccccc1CC(C)NC(=O)C(C)C(C)C(=O)O. The molecule has 0 saturated carbocycles. The second-order valence-corrected chi connectivity index (χ2v) is 5.46. The maximum Gasteiger partial charge on any atom is 0.307 e. The van der Waals surface area contributed by atoms with E-state index in [4.69, 9.17) is 5.11 Å². The van der Waals surface area contributed by atoms with Crippen LogP contribution in [0.1, 0.15) is 31.9 Å². The summed E-state index contributed by atoms with van der Waals surface area (Å²) in [5.41, 5.74) is 2.39. The molecule has 3 unspecified atom stereocenters. The molecule has 0 aromatic heterocycles. The summed E-state index contributed by atoms with van der Waals surface area (Å²) in [6, 6.07) is 8.03. The Kier molecular flexibility index (Phi) is 5.74. The minimum absolute atomic E-state index is 0.0213. The lowest BCUT2D eigenvalue weighted by molar-refractivity contribution is -0.146. The first-order valence-corrected chi connectivity index (χ1v) is 6.90. The van der Waals surface area contributed by atoms with Crippen LogP contribution in [0.5, 0.6) is 0 Å². The van der Waals surface area contributed by atoms with E-state index in [-0.39, 0.29) is 11.9 Å². The summed E-state index contributed by atoms with van der Waals surface area (Å²) in [7, 11) is 0. The number of hydrogen-bond donors (Lipinski definition) is 2. The van der Waals surface area contributed by atoms with Gasteiger partial charge in [0.05, 0.1) is 5.92 Å². The summed E-state index contributed by atoms with van der Waals surface area (Å²) in [5.74, 6) is -2.37. The van der Waals surface area contributed by atoms with Gasteiger partial charge >= 0.3 is 5.97 Å². The zero-order valence-corrected chi connectivity index (χ0v) is 12.5. The number of carboxylic acids is 1. The van der Waals surface area contributed by atoms with Crippen molar-refractivity contribution < 1.29 is 14.7 Å². The van der Waals surface area contributed by atoms with Crippen LogP contribution in [-0.2, 0) is 16.0 Å². The Labute approximate surface area is 120 Å². The number of carboxylic acid groups (broad SMARTS) is 1. The molecule has 0 heterocycles. The quantitative estimate of drug-likeness (QED) is 0.839. The van der Waals surface area contributed by atoms with Crippen molar-refractivity contribution in [2.75, 3.05) is 0 Å². The van der Waals surface area contributed by atoms with Crippen molar-refractivity contribution in [2.45, 2.75) is 40.2 Å². The Balaban J connectivity index is 2.58. The maximum atomic E-state index is 12.0. The van der Waals surface area contributed by atoms with Crippen LogP contribution in [-0.4, -0.2) is 23.0 Å². The number of aryl methyl sites for hydroxylation is 1. The normalized spacial score (nSPS) is 15.2. The first kappa shape index (κ1) is 16.2. The minimum Gasteiger partial charge on any atom is -0.481 e. The third-order valence-corrected chi connectivity index (χ3v) is 3.73. The zero-order chi connectivity index (χ0) is 15.3. The summed E-state index contributed by atoms with van der Waals surface area (Å²) < 4.78 is 0. The molecule has 0 spiro atoms. The van der Waals surface area contributed by atoms with Gasteiger partial charge in [-0.05, 0) is 31.4 Å². The van der Waals surface area contributed by atoms with Crippen molar-refractivity contribution in [3.63, 3.8) is 0 Å². The largest absolute Gasteiger partial charge is 0.481 e. The molecule has 0 aliphatic carbocycles. The molecule has 0 bridgehead atoms. The van der Waals surface area contributed by atoms with Crippen molar-refractivity contribution in [2.24, 2.45) is 11.8 Å². The van der Waals surface area contributed by atoms with Crippen LogP contribution in [0, 0.1) is 18.8 Å². The summed E-state index contributed by atoms with van der Waals surface area (Å²) in [5, 5.41) is 11.8. The lowest BCUT2D eigenvalue weighted by Crippen LogP contribution is -2.40. The molecule has 110 valence electrons. The standard InChI is InChI=1S/C16H23NO3/c1-10-7-5-6-8-14(10)9-11(2)17-15(18)12(3)13(4)16(19)20/h5-8,11-13H,9H2,1-4H3,(H,17,18)(H,19,20). The smallest absolute Gasteiger partial charge is 0.307 e. The maximum absolute atomic E-state index is 12.0. The van der Waals surface area contributed by atoms with Gasteiger partial charge in [0.1, 0.15) is 0 Å². The van der Waals surface area contributed by atoms with Crippen LogP contribution >= 0.6 is 0 Å². The van der Waals surface area contributed by atoms with Crippen molar-refractivity contribution in [3.8, 4) is 0 Å². The van der Waals surface area contributed by atoms with E-state index in [0.717, 1.165) is 6.42 Å². The molecule has 2 N–H and O–H groups in total. The minimum atomic E-state index is -0.945. The Hall–Kier alpha value is -1.84.